The van der Waals surface area contributed by atoms with E-state index >= 15 is 0 Å². The zero-order valence-corrected chi connectivity index (χ0v) is 17.1. The number of halogens is 1. The molecular formula is C15H19BrN4O3S2. The van der Waals surface area contributed by atoms with Crippen LogP contribution in [-0.2, 0) is 14.8 Å². The molecule has 0 aromatic carbocycles. The van der Waals surface area contributed by atoms with Gasteiger partial charge in [-0.3, -0.25) is 9.48 Å². The fraction of sp³-hybridized carbons (Fsp3) is 0.467. The number of rotatable bonds is 4. The summed E-state index contributed by atoms with van der Waals surface area (Å²) in [7, 11) is -3.45. The second kappa shape index (κ2) is 7.18. The maximum absolute atomic E-state index is 12.7. The highest BCUT2D eigenvalue weighted by molar-refractivity contribution is 9.10. The standard InChI is InChI=1S/C15H19BrN4O3S2/c1-11-13(16)10-20(17-11)12(2)15(21)18-5-7-19(8-6-18)25(22,23)14-4-3-9-24-14/h3-4,9-10,12H,5-8H2,1-2H3. The van der Waals surface area contributed by atoms with Crippen molar-refractivity contribution in [3.8, 4) is 0 Å². The van der Waals surface area contributed by atoms with Gasteiger partial charge in [-0.1, -0.05) is 6.07 Å². The Morgan fingerprint density at radius 1 is 1.32 bits per heavy atom. The van der Waals surface area contributed by atoms with Crippen molar-refractivity contribution in [3.05, 3.63) is 33.9 Å². The fourth-order valence-corrected chi connectivity index (χ4v) is 5.58. The van der Waals surface area contributed by atoms with Crippen LogP contribution < -0.4 is 0 Å². The lowest BCUT2D eigenvalue weighted by Gasteiger charge is -2.35. The Labute approximate surface area is 159 Å². The number of carbonyl (C=O) groups excluding carboxylic acids is 1. The molecule has 1 aliphatic heterocycles. The normalized spacial score (nSPS) is 17.6. The van der Waals surface area contributed by atoms with Crippen molar-refractivity contribution in [1.82, 2.24) is 19.0 Å². The lowest BCUT2D eigenvalue weighted by molar-refractivity contribution is -0.135. The van der Waals surface area contributed by atoms with Crippen LogP contribution in [0.3, 0.4) is 0 Å². The molecule has 1 atom stereocenters. The third-order valence-electron chi connectivity index (χ3n) is 4.25. The molecule has 2 aromatic heterocycles. The largest absolute Gasteiger partial charge is 0.338 e. The van der Waals surface area contributed by atoms with Crippen LogP contribution in [0.1, 0.15) is 18.7 Å². The van der Waals surface area contributed by atoms with Gasteiger partial charge in [0.05, 0.1) is 10.2 Å². The first-order valence-corrected chi connectivity index (χ1v) is 11.0. The summed E-state index contributed by atoms with van der Waals surface area (Å²) in [6, 6.07) is 2.91. The first kappa shape index (κ1) is 18.6. The van der Waals surface area contributed by atoms with Crippen molar-refractivity contribution in [2.24, 2.45) is 0 Å². The number of amides is 1. The molecule has 0 saturated carbocycles. The van der Waals surface area contributed by atoms with E-state index in [9.17, 15) is 13.2 Å². The minimum absolute atomic E-state index is 0.0526. The molecule has 3 rings (SSSR count). The lowest BCUT2D eigenvalue weighted by atomic mass is 10.2. The minimum atomic E-state index is -3.45. The monoisotopic (exact) mass is 446 g/mol. The molecule has 1 amide bonds. The van der Waals surface area contributed by atoms with Gasteiger partial charge in [0.2, 0.25) is 5.91 Å². The van der Waals surface area contributed by atoms with Crippen molar-refractivity contribution in [1.29, 1.82) is 0 Å². The van der Waals surface area contributed by atoms with Crippen LogP contribution in [0.15, 0.2) is 32.4 Å². The molecule has 1 saturated heterocycles. The van der Waals surface area contributed by atoms with Gasteiger partial charge >= 0.3 is 0 Å². The van der Waals surface area contributed by atoms with E-state index in [1.165, 1.54) is 15.6 Å². The van der Waals surface area contributed by atoms with E-state index in [4.69, 9.17) is 0 Å². The van der Waals surface area contributed by atoms with Crippen LogP contribution in [0, 0.1) is 6.92 Å². The van der Waals surface area contributed by atoms with Crippen molar-refractivity contribution >= 4 is 43.2 Å². The van der Waals surface area contributed by atoms with Crippen LogP contribution in [0.4, 0.5) is 0 Å². The van der Waals surface area contributed by atoms with Gasteiger partial charge in [0.1, 0.15) is 10.3 Å². The molecule has 0 bridgehead atoms. The summed E-state index contributed by atoms with van der Waals surface area (Å²) in [5.41, 5.74) is 0.825. The van der Waals surface area contributed by atoms with Crippen LogP contribution >= 0.6 is 27.3 Å². The SMILES string of the molecule is Cc1nn(C(C)C(=O)N2CCN(S(=O)(=O)c3cccs3)CC2)cc1Br. The van der Waals surface area contributed by atoms with Crippen molar-refractivity contribution < 1.29 is 13.2 Å². The van der Waals surface area contributed by atoms with E-state index in [1.807, 2.05) is 6.92 Å². The van der Waals surface area contributed by atoms with Crippen LogP contribution in [-0.4, -0.2) is 59.5 Å². The zero-order chi connectivity index (χ0) is 18.2. The van der Waals surface area contributed by atoms with Crippen molar-refractivity contribution in [2.75, 3.05) is 26.2 Å². The molecule has 0 spiro atoms. The number of nitrogens with zero attached hydrogens (tertiary/aromatic N) is 4. The average molecular weight is 447 g/mol. The van der Waals surface area contributed by atoms with Gasteiger partial charge in [0.25, 0.3) is 10.0 Å². The summed E-state index contributed by atoms with van der Waals surface area (Å²) in [5.74, 6) is -0.0526. The molecule has 1 aliphatic rings. The highest BCUT2D eigenvalue weighted by Gasteiger charge is 2.32. The first-order chi connectivity index (χ1) is 11.8. The maximum Gasteiger partial charge on any atom is 0.252 e. The molecule has 10 heteroatoms. The molecule has 7 nitrogen and oxygen atoms in total. The third kappa shape index (κ3) is 3.67. The molecular weight excluding hydrogens is 428 g/mol. The molecule has 1 fully saturated rings. The molecule has 136 valence electrons. The maximum atomic E-state index is 12.7. The predicted molar refractivity (Wildman–Crippen MR) is 99.0 cm³/mol. The number of aromatic nitrogens is 2. The minimum Gasteiger partial charge on any atom is -0.338 e. The lowest BCUT2D eigenvalue weighted by Crippen LogP contribution is -2.51. The Kier molecular flexibility index (Phi) is 5.33. The Hall–Kier alpha value is -1.23. The van der Waals surface area contributed by atoms with Gasteiger partial charge in [-0.15, -0.1) is 11.3 Å². The van der Waals surface area contributed by atoms with Gasteiger partial charge in [0.15, 0.2) is 0 Å². The molecule has 3 heterocycles. The molecule has 1 unspecified atom stereocenters. The Morgan fingerprint density at radius 2 is 2.00 bits per heavy atom. The van der Waals surface area contributed by atoms with Crippen LogP contribution in [0.25, 0.3) is 0 Å². The third-order valence-corrected chi connectivity index (χ3v) is 8.30. The van der Waals surface area contributed by atoms with Gasteiger partial charge in [-0.25, -0.2) is 8.42 Å². The van der Waals surface area contributed by atoms with Crippen molar-refractivity contribution in [2.45, 2.75) is 24.1 Å². The number of aryl methyl sites for hydroxylation is 1. The zero-order valence-electron chi connectivity index (χ0n) is 13.9. The molecule has 0 radical (unpaired) electrons. The average Bonchev–Trinajstić information content (AvgIpc) is 3.25. The van der Waals surface area contributed by atoms with Gasteiger partial charge < -0.3 is 4.90 Å². The summed E-state index contributed by atoms with van der Waals surface area (Å²) in [6.07, 6.45) is 1.79. The number of piperazine rings is 1. The summed E-state index contributed by atoms with van der Waals surface area (Å²) in [5, 5.41) is 6.08. The molecule has 0 N–H and O–H groups in total. The first-order valence-electron chi connectivity index (χ1n) is 7.84. The van der Waals surface area contributed by atoms with Crippen LogP contribution in [0.5, 0.6) is 0 Å². The van der Waals surface area contributed by atoms with Gasteiger partial charge in [0, 0.05) is 32.4 Å². The van der Waals surface area contributed by atoms with Gasteiger partial charge in [-0.05, 0) is 41.2 Å². The second-order valence-corrected chi connectivity index (χ2v) is 9.85. The van der Waals surface area contributed by atoms with E-state index in [1.54, 1.807) is 40.2 Å². The molecule has 25 heavy (non-hydrogen) atoms. The van der Waals surface area contributed by atoms with E-state index in [0.29, 0.717) is 30.4 Å². The summed E-state index contributed by atoms with van der Waals surface area (Å²) >= 11 is 4.61. The Bertz CT molecular complexity index is 836. The Balaban J connectivity index is 1.65. The number of thiophene rings is 1. The van der Waals surface area contributed by atoms with Crippen LogP contribution in [0.2, 0.25) is 0 Å². The predicted octanol–water partition coefficient (Wildman–Crippen LogP) is 2.11. The smallest absolute Gasteiger partial charge is 0.252 e. The summed E-state index contributed by atoms with van der Waals surface area (Å²) < 4.78 is 29.4. The van der Waals surface area contributed by atoms with E-state index in [0.717, 1.165) is 10.2 Å². The van der Waals surface area contributed by atoms with E-state index in [2.05, 4.69) is 21.0 Å². The second-order valence-electron chi connectivity index (χ2n) is 5.88. The molecule has 2 aromatic rings. The number of carbonyl (C=O) groups is 1. The quantitative estimate of drug-likeness (QED) is 0.720. The highest BCUT2D eigenvalue weighted by atomic mass is 79.9. The Morgan fingerprint density at radius 3 is 2.52 bits per heavy atom. The summed E-state index contributed by atoms with van der Waals surface area (Å²) in [4.78, 5) is 14.4. The number of hydrogen-bond acceptors (Lipinski definition) is 5. The van der Waals surface area contributed by atoms with Crippen molar-refractivity contribution in [3.63, 3.8) is 0 Å². The number of sulfonamides is 1. The van der Waals surface area contributed by atoms with E-state index in [-0.39, 0.29) is 5.91 Å². The van der Waals surface area contributed by atoms with Gasteiger partial charge in [-0.2, -0.15) is 9.40 Å². The topological polar surface area (TPSA) is 75.5 Å². The fourth-order valence-electron chi connectivity index (χ4n) is 2.72. The molecule has 0 aliphatic carbocycles. The summed E-state index contributed by atoms with van der Waals surface area (Å²) in [6.45, 7) is 5.05. The number of hydrogen-bond donors (Lipinski definition) is 0. The van der Waals surface area contributed by atoms with E-state index < -0.39 is 16.1 Å². The highest BCUT2D eigenvalue weighted by Crippen LogP contribution is 2.23.